The quantitative estimate of drug-likeness (QED) is 0.569. The predicted octanol–water partition coefficient (Wildman–Crippen LogP) is 5.60. The molecule has 0 unspecified atom stereocenters. The Morgan fingerprint density at radius 1 is 1.29 bits per heavy atom. The number of benzene rings is 2. The average molecular weight is 423 g/mol. The van der Waals surface area contributed by atoms with Gasteiger partial charge in [0.15, 0.2) is 9.84 Å². The van der Waals surface area contributed by atoms with Crippen LogP contribution in [-0.4, -0.2) is 21.1 Å². The molecule has 2 atom stereocenters. The molecule has 0 N–H and O–H groups in total. The fourth-order valence-corrected chi connectivity index (χ4v) is 6.49. The van der Waals surface area contributed by atoms with E-state index in [9.17, 15) is 12.8 Å². The normalized spacial score (nSPS) is 22.8. The molecule has 150 valence electrons. The molecule has 6 heteroatoms. The Morgan fingerprint density at radius 3 is 2.68 bits per heavy atom. The van der Waals surface area contributed by atoms with E-state index >= 15 is 0 Å². The summed E-state index contributed by atoms with van der Waals surface area (Å²) in [6.07, 6.45) is 3.53. The highest BCUT2D eigenvalue weighted by molar-refractivity contribution is 7.92. The third kappa shape index (κ3) is 3.88. The van der Waals surface area contributed by atoms with Gasteiger partial charge in [0.1, 0.15) is 10.6 Å². The first-order chi connectivity index (χ1) is 13.3. The molecule has 0 bridgehead atoms. The zero-order valence-corrected chi connectivity index (χ0v) is 17.4. The third-order valence-corrected chi connectivity index (χ3v) is 8.21. The van der Waals surface area contributed by atoms with Crippen molar-refractivity contribution in [2.45, 2.75) is 48.4 Å². The summed E-state index contributed by atoms with van der Waals surface area (Å²) in [5.74, 6) is -0.444. The molecule has 0 spiro atoms. The van der Waals surface area contributed by atoms with Crippen LogP contribution < -0.4 is 0 Å². The van der Waals surface area contributed by atoms with Crippen LogP contribution in [0.1, 0.15) is 36.8 Å². The van der Waals surface area contributed by atoms with E-state index in [0.717, 1.165) is 12.0 Å². The van der Waals surface area contributed by atoms with Crippen LogP contribution in [0.5, 0.6) is 0 Å². The second kappa shape index (κ2) is 8.36. The van der Waals surface area contributed by atoms with E-state index in [4.69, 9.17) is 16.3 Å². The molecule has 1 saturated carbocycles. The van der Waals surface area contributed by atoms with E-state index in [-0.39, 0.29) is 17.4 Å². The Hall–Kier alpha value is -1.69. The number of ether oxygens (including phenoxy) is 1. The Kier molecular flexibility index (Phi) is 6.28. The van der Waals surface area contributed by atoms with Crippen LogP contribution in [0.25, 0.3) is 0 Å². The van der Waals surface area contributed by atoms with Crippen molar-refractivity contribution in [1.82, 2.24) is 0 Å². The molecule has 28 heavy (non-hydrogen) atoms. The van der Waals surface area contributed by atoms with Crippen molar-refractivity contribution in [2.75, 3.05) is 6.61 Å². The molecule has 0 aromatic heterocycles. The molecule has 0 saturated heterocycles. The molecule has 1 aliphatic rings. The first kappa shape index (κ1) is 21.0. The Balaban J connectivity index is 2.18. The molecule has 2 aromatic carbocycles. The molecule has 0 aliphatic heterocycles. The third-order valence-electron chi connectivity index (χ3n) is 5.44. The van der Waals surface area contributed by atoms with Gasteiger partial charge in [-0.05, 0) is 80.1 Å². The van der Waals surface area contributed by atoms with Gasteiger partial charge in [-0.25, -0.2) is 12.8 Å². The molecule has 0 radical (unpaired) electrons. The highest BCUT2D eigenvalue weighted by Crippen LogP contribution is 2.48. The van der Waals surface area contributed by atoms with Crippen molar-refractivity contribution >= 4 is 21.4 Å². The molecule has 3 rings (SSSR count). The standard InChI is InChI=1S/C22H24ClFO3S/c1-3-13-27-19-5-4-12-22(15-19,21-14-18(24)9-6-16(21)2)28(25,26)20-10-7-17(23)8-11-20/h3,6-11,14,19H,1,4-5,12-13,15H2,2H3/t19-,22-/m0/s1. The van der Waals surface area contributed by atoms with E-state index in [2.05, 4.69) is 6.58 Å². The monoisotopic (exact) mass is 422 g/mol. The van der Waals surface area contributed by atoms with Crippen molar-refractivity contribution in [2.24, 2.45) is 0 Å². The summed E-state index contributed by atoms with van der Waals surface area (Å²) < 4.78 is 46.5. The number of hydrogen-bond donors (Lipinski definition) is 0. The van der Waals surface area contributed by atoms with Crippen molar-refractivity contribution in [3.8, 4) is 0 Å². The summed E-state index contributed by atoms with van der Waals surface area (Å²) in [5.41, 5.74) is 1.26. The highest BCUT2D eigenvalue weighted by atomic mass is 35.5. The molecule has 2 aromatic rings. The van der Waals surface area contributed by atoms with E-state index in [1.165, 1.54) is 24.3 Å². The Labute approximate surface area is 171 Å². The van der Waals surface area contributed by atoms with Crippen LogP contribution in [0.2, 0.25) is 5.02 Å². The van der Waals surface area contributed by atoms with Crippen LogP contribution in [0.3, 0.4) is 0 Å². The van der Waals surface area contributed by atoms with Crippen molar-refractivity contribution in [1.29, 1.82) is 0 Å². The summed E-state index contributed by atoms with van der Waals surface area (Å²) in [6.45, 7) is 5.84. The molecule has 0 amide bonds. The second-order valence-corrected chi connectivity index (χ2v) is 9.95. The van der Waals surface area contributed by atoms with Crippen LogP contribution in [0.15, 0.2) is 60.0 Å². The van der Waals surface area contributed by atoms with E-state index in [1.807, 2.05) is 6.92 Å². The molecule has 1 fully saturated rings. The molecule has 3 nitrogen and oxygen atoms in total. The summed E-state index contributed by atoms with van der Waals surface area (Å²) in [4.78, 5) is 0.185. The molecule has 1 aliphatic carbocycles. The zero-order valence-electron chi connectivity index (χ0n) is 15.8. The van der Waals surface area contributed by atoms with Gasteiger partial charge >= 0.3 is 0 Å². The number of hydrogen-bond acceptors (Lipinski definition) is 3. The highest BCUT2D eigenvalue weighted by Gasteiger charge is 2.50. The fraction of sp³-hybridized carbons (Fsp3) is 0.364. The maximum absolute atomic E-state index is 14.2. The molecular weight excluding hydrogens is 399 g/mol. The van der Waals surface area contributed by atoms with Crippen molar-refractivity contribution in [3.63, 3.8) is 0 Å². The van der Waals surface area contributed by atoms with Gasteiger partial charge in [0.05, 0.1) is 17.6 Å². The van der Waals surface area contributed by atoms with E-state index in [0.29, 0.717) is 30.0 Å². The maximum Gasteiger partial charge on any atom is 0.188 e. The lowest BCUT2D eigenvalue weighted by Gasteiger charge is -2.41. The van der Waals surface area contributed by atoms with Gasteiger partial charge in [-0.1, -0.05) is 23.7 Å². The lowest BCUT2D eigenvalue weighted by Crippen LogP contribution is -2.43. The SMILES string of the molecule is C=CCO[C@H]1CCC[C@](c2cc(F)ccc2C)(S(=O)(=O)c2ccc(Cl)cc2)C1. The zero-order chi connectivity index (χ0) is 20.4. The summed E-state index contributed by atoms with van der Waals surface area (Å²) in [6, 6.07) is 10.5. The van der Waals surface area contributed by atoms with E-state index in [1.54, 1.807) is 24.3 Å². The number of rotatable bonds is 6. The van der Waals surface area contributed by atoms with Crippen LogP contribution in [0.4, 0.5) is 4.39 Å². The van der Waals surface area contributed by atoms with Crippen molar-refractivity contribution in [3.05, 3.63) is 77.1 Å². The van der Waals surface area contributed by atoms with Crippen molar-refractivity contribution < 1.29 is 17.5 Å². The minimum atomic E-state index is -3.82. The molecular formula is C22H24ClFO3S. The smallest absolute Gasteiger partial charge is 0.188 e. The number of halogens is 2. The topological polar surface area (TPSA) is 43.4 Å². The Morgan fingerprint density at radius 2 is 2.00 bits per heavy atom. The van der Waals surface area contributed by atoms with Crippen LogP contribution in [-0.2, 0) is 19.3 Å². The largest absolute Gasteiger partial charge is 0.374 e. The minimum absolute atomic E-state index is 0.185. The number of aryl methyl sites for hydroxylation is 1. The first-order valence-corrected chi connectivity index (χ1v) is 11.2. The first-order valence-electron chi connectivity index (χ1n) is 9.29. The second-order valence-electron chi connectivity index (χ2n) is 7.25. The van der Waals surface area contributed by atoms with E-state index < -0.39 is 20.4 Å². The summed E-state index contributed by atoms with van der Waals surface area (Å²) in [7, 11) is -3.82. The summed E-state index contributed by atoms with van der Waals surface area (Å²) >= 11 is 5.95. The van der Waals surface area contributed by atoms with Gasteiger partial charge < -0.3 is 4.74 Å². The summed E-state index contributed by atoms with van der Waals surface area (Å²) in [5, 5.41) is 0.464. The van der Waals surface area contributed by atoms with Crippen LogP contribution >= 0.6 is 11.6 Å². The van der Waals surface area contributed by atoms with Gasteiger partial charge in [0.2, 0.25) is 0 Å². The number of sulfone groups is 1. The Bertz CT molecular complexity index is 956. The molecule has 0 heterocycles. The fourth-order valence-electron chi connectivity index (χ4n) is 4.09. The predicted molar refractivity (Wildman–Crippen MR) is 110 cm³/mol. The van der Waals surface area contributed by atoms with Gasteiger partial charge in [0.25, 0.3) is 0 Å². The average Bonchev–Trinajstić information content (AvgIpc) is 2.68. The lowest BCUT2D eigenvalue weighted by molar-refractivity contribution is 0.0336. The van der Waals surface area contributed by atoms with Gasteiger partial charge in [-0.3, -0.25) is 0 Å². The van der Waals surface area contributed by atoms with Gasteiger partial charge in [0, 0.05) is 5.02 Å². The maximum atomic E-state index is 14.2. The van der Waals surface area contributed by atoms with Gasteiger partial charge in [-0.2, -0.15) is 0 Å². The van der Waals surface area contributed by atoms with Crippen LogP contribution in [0, 0.1) is 12.7 Å². The minimum Gasteiger partial charge on any atom is -0.374 e. The lowest BCUT2D eigenvalue weighted by atomic mass is 9.80. The van der Waals surface area contributed by atoms with Gasteiger partial charge in [-0.15, -0.1) is 6.58 Å².